The average molecular weight is 513 g/mol. The Hall–Kier alpha value is -3.29. The van der Waals surface area contributed by atoms with Gasteiger partial charge in [-0.25, -0.2) is 22.9 Å². The van der Waals surface area contributed by atoms with E-state index in [-0.39, 0.29) is 11.5 Å². The second kappa shape index (κ2) is 11.9. The van der Waals surface area contributed by atoms with Crippen molar-refractivity contribution in [2.24, 2.45) is 0 Å². The summed E-state index contributed by atoms with van der Waals surface area (Å²) in [5.41, 5.74) is 2.46. The molecule has 10 heteroatoms. The molecule has 0 aliphatic rings. The number of unbranched alkanes of at least 4 members (excludes halogenated alkanes) is 1. The first-order chi connectivity index (χ1) is 16.9. The summed E-state index contributed by atoms with van der Waals surface area (Å²) < 4.78 is 34.2. The van der Waals surface area contributed by atoms with Crippen molar-refractivity contribution in [3.63, 3.8) is 0 Å². The number of esters is 1. The molecule has 0 bridgehead atoms. The number of thioether (sulfide) groups is 1. The monoisotopic (exact) mass is 512 g/mol. The van der Waals surface area contributed by atoms with Crippen LogP contribution in [0.15, 0.2) is 58.5 Å². The minimum Gasteiger partial charge on any atom is -0.461 e. The standard InChI is InChI=1S/C25H28N4O4S2/c1-4-6-14-22-28-24(34-3)23(25(30)33-5-2)29(22)16-18-10-9-11-19(15-18)20-12-7-8-13-21(20)35(31,32)27-17-26/h7-13,15,27H,4-6,14,16H2,1-3H3. The number of sulfonamides is 1. The molecule has 0 fully saturated rings. The molecule has 8 nitrogen and oxygen atoms in total. The topological polar surface area (TPSA) is 114 Å². The van der Waals surface area contributed by atoms with Crippen LogP contribution in [0.5, 0.6) is 0 Å². The van der Waals surface area contributed by atoms with Gasteiger partial charge in [0.05, 0.1) is 11.5 Å². The third-order valence-corrected chi connectivity index (χ3v) is 7.33. The molecule has 184 valence electrons. The van der Waals surface area contributed by atoms with E-state index in [1.165, 1.54) is 24.0 Å². The van der Waals surface area contributed by atoms with E-state index in [1.54, 1.807) is 25.1 Å². The molecular weight excluding hydrogens is 484 g/mol. The lowest BCUT2D eigenvalue weighted by molar-refractivity contribution is 0.0509. The second-order valence-corrected chi connectivity index (χ2v) is 10.2. The number of imidazole rings is 1. The van der Waals surface area contributed by atoms with E-state index in [0.29, 0.717) is 28.4 Å². The van der Waals surface area contributed by atoms with E-state index in [2.05, 4.69) is 6.92 Å². The second-order valence-electron chi connectivity index (χ2n) is 7.71. The van der Waals surface area contributed by atoms with Crippen LogP contribution in [0.25, 0.3) is 11.1 Å². The van der Waals surface area contributed by atoms with Gasteiger partial charge in [0.1, 0.15) is 10.9 Å². The minimum absolute atomic E-state index is 0.0156. The summed E-state index contributed by atoms with van der Waals surface area (Å²) in [5.74, 6) is 0.396. The first-order valence-electron chi connectivity index (χ1n) is 11.3. The van der Waals surface area contributed by atoms with Crippen molar-refractivity contribution in [3.05, 3.63) is 65.6 Å². The summed E-state index contributed by atoms with van der Waals surface area (Å²) in [4.78, 5) is 17.6. The molecule has 3 rings (SSSR count). The number of nitrogens with one attached hydrogen (secondary N) is 1. The maximum absolute atomic E-state index is 12.8. The van der Waals surface area contributed by atoms with E-state index < -0.39 is 16.0 Å². The van der Waals surface area contributed by atoms with E-state index in [0.717, 1.165) is 30.7 Å². The molecule has 1 N–H and O–H groups in total. The van der Waals surface area contributed by atoms with Crippen molar-refractivity contribution >= 4 is 27.8 Å². The van der Waals surface area contributed by atoms with Gasteiger partial charge in [0.15, 0.2) is 11.9 Å². The highest BCUT2D eigenvalue weighted by Gasteiger charge is 2.24. The van der Waals surface area contributed by atoms with Gasteiger partial charge in [-0.3, -0.25) is 0 Å². The van der Waals surface area contributed by atoms with Crippen LogP contribution >= 0.6 is 11.8 Å². The Morgan fingerprint density at radius 2 is 1.97 bits per heavy atom. The number of carbonyl (C=O) groups excluding carboxylic acids is 1. The minimum atomic E-state index is -3.99. The normalized spacial score (nSPS) is 11.1. The van der Waals surface area contributed by atoms with Crippen molar-refractivity contribution in [1.82, 2.24) is 14.3 Å². The molecular formula is C25H28N4O4S2. The SMILES string of the molecule is CCCCc1nc(SC)c(C(=O)OCC)n1Cc1cccc(-c2ccccc2S(=O)(=O)NC#N)c1. The Bertz CT molecular complexity index is 1340. The molecule has 0 radical (unpaired) electrons. The van der Waals surface area contributed by atoms with Gasteiger partial charge in [-0.15, -0.1) is 11.8 Å². The average Bonchev–Trinajstić information content (AvgIpc) is 3.20. The molecule has 0 saturated heterocycles. The van der Waals surface area contributed by atoms with Gasteiger partial charge in [0.2, 0.25) is 0 Å². The van der Waals surface area contributed by atoms with E-state index in [4.69, 9.17) is 15.0 Å². The summed E-state index contributed by atoms with van der Waals surface area (Å²) in [6.45, 7) is 4.51. The highest BCUT2D eigenvalue weighted by atomic mass is 32.2. The number of ether oxygens (including phenoxy) is 1. The first-order valence-corrected chi connectivity index (χ1v) is 14.0. The molecule has 0 aliphatic heterocycles. The quantitative estimate of drug-likeness (QED) is 0.173. The number of aryl methyl sites for hydroxylation is 1. The molecule has 0 amide bonds. The number of hydrogen-bond donors (Lipinski definition) is 1. The van der Waals surface area contributed by atoms with Gasteiger partial charge >= 0.3 is 5.97 Å². The summed E-state index contributed by atoms with van der Waals surface area (Å²) in [6, 6.07) is 14.0. The molecule has 3 aromatic rings. The van der Waals surface area contributed by atoms with Gasteiger partial charge in [0.25, 0.3) is 10.0 Å². The number of nitrogens with zero attached hydrogens (tertiary/aromatic N) is 3. The fourth-order valence-electron chi connectivity index (χ4n) is 3.78. The Labute approximate surface area is 210 Å². The predicted molar refractivity (Wildman–Crippen MR) is 135 cm³/mol. The molecule has 1 aromatic heterocycles. The van der Waals surface area contributed by atoms with E-state index >= 15 is 0 Å². The molecule has 35 heavy (non-hydrogen) atoms. The van der Waals surface area contributed by atoms with Crippen LogP contribution in [0.2, 0.25) is 0 Å². The highest BCUT2D eigenvalue weighted by Crippen LogP contribution is 2.29. The summed E-state index contributed by atoms with van der Waals surface area (Å²) in [7, 11) is -3.99. The lowest BCUT2D eigenvalue weighted by Crippen LogP contribution is -2.19. The van der Waals surface area contributed by atoms with Gasteiger partial charge in [0, 0.05) is 18.5 Å². The van der Waals surface area contributed by atoms with Crippen molar-refractivity contribution in [1.29, 1.82) is 5.26 Å². The van der Waals surface area contributed by atoms with E-state index in [9.17, 15) is 13.2 Å². The summed E-state index contributed by atoms with van der Waals surface area (Å²) >= 11 is 1.41. The molecule has 1 heterocycles. The van der Waals surface area contributed by atoms with Crippen molar-refractivity contribution in [3.8, 4) is 17.3 Å². The Kier molecular flexibility index (Phi) is 8.95. The zero-order chi connectivity index (χ0) is 25.4. The van der Waals surface area contributed by atoms with Crippen LogP contribution in [0.4, 0.5) is 0 Å². The van der Waals surface area contributed by atoms with Crippen molar-refractivity contribution < 1.29 is 17.9 Å². The predicted octanol–water partition coefficient (Wildman–Crippen LogP) is 4.60. The van der Waals surface area contributed by atoms with Crippen molar-refractivity contribution in [2.45, 2.75) is 49.6 Å². The van der Waals surface area contributed by atoms with Gasteiger partial charge in [-0.05, 0) is 42.9 Å². The lowest BCUT2D eigenvalue weighted by atomic mass is 10.0. The van der Waals surface area contributed by atoms with Crippen LogP contribution in [0, 0.1) is 11.5 Å². The summed E-state index contributed by atoms with van der Waals surface area (Å²) in [6.07, 6.45) is 6.03. The Morgan fingerprint density at radius 1 is 1.20 bits per heavy atom. The fraction of sp³-hybridized carbons (Fsp3) is 0.320. The first kappa shape index (κ1) is 26.3. The van der Waals surface area contributed by atoms with Crippen LogP contribution in [-0.2, 0) is 27.7 Å². The van der Waals surface area contributed by atoms with Crippen LogP contribution in [-0.4, -0.2) is 36.8 Å². The molecule has 0 unspecified atom stereocenters. The van der Waals surface area contributed by atoms with Gasteiger partial charge in [-0.2, -0.15) is 5.26 Å². The molecule has 0 saturated carbocycles. The molecule has 2 aromatic carbocycles. The Morgan fingerprint density at radius 3 is 2.66 bits per heavy atom. The smallest absolute Gasteiger partial charge is 0.357 e. The maximum Gasteiger partial charge on any atom is 0.357 e. The Balaban J connectivity index is 2.08. The third-order valence-electron chi connectivity index (χ3n) is 5.37. The number of carbonyl (C=O) groups is 1. The zero-order valence-corrected chi connectivity index (χ0v) is 21.6. The molecule has 0 spiro atoms. The van der Waals surface area contributed by atoms with Crippen LogP contribution < -0.4 is 4.72 Å². The van der Waals surface area contributed by atoms with Crippen molar-refractivity contribution in [2.75, 3.05) is 12.9 Å². The zero-order valence-electron chi connectivity index (χ0n) is 19.9. The van der Waals surface area contributed by atoms with Gasteiger partial charge in [-0.1, -0.05) is 49.7 Å². The third kappa shape index (κ3) is 6.05. The number of rotatable bonds is 11. The summed E-state index contributed by atoms with van der Waals surface area (Å²) in [5, 5.41) is 9.49. The fourth-order valence-corrected chi connectivity index (χ4v) is 5.33. The number of benzene rings is 2. The number of nitriles is 1. The highest BCUT2D eigenvalue weighted by molar-refractivity contribution is 7.98. The van der Waals surface area contributed by atoms with Crippen LogP contribution in [0.3, 0.4) is 0 Å². The van der Waals surface area contributed by atoms with E-state index in [1.807, 2.05) is 39.8 Å². The largest absolute Gasteiger partial charge is 0.461 e. The maximum atomic E-state index is 12.8. The number of aromatic nitrogens is 2. The van der Waals surface area contributed by atoms with Gasteiger partial charge < -0.3 is 9.30 Å². The molecule has 0 aliphatic carbocycles. The molecule has 0 atom stereocenters. The van der Waals surface area contributed by atoms with Crippen LogP contribution in [0.1, 0.15) is 48.6 Å². The number of hydrogen-bond acceptors (Lipinski definition) is 7. The lowest BCUT2D eigenvalue weighted by Gasteiger charge is -2.14.